The van der Waals surface area contributed by atoms with Crippen LogP contribution in [0, 0.1) is 5.92 Å². The van der Waals surface area contributed by atoms with Crippen LogP contribution in [-0.2, 0) is 10.0 Å². The molecule has 0 amide bonds. The summed E-state index contributed by atoms with van der Waals surface area (Å²) < 4.78 is 29.5. The first-order valence-electron chi connectivity index (χ1n) is 9.70. The van der Waals surface area contributed by atoms with Crippen molar-refractivity contribution in [3.63, 3.8) is 0 Å². The van der Waals surface area contributed by atoms with Crippen LogP contribution < -0.4 is 4.72 Å². The zero-order valence-electron chi connectivity index (χ0n) is 16.5. The van der Waals surface area contributed by atoms with Crippen molar-refractivity contribution >= 4 is 26.0 Å². The molecule has 0 radical (unpaired) electrons. The number of sulfonamides is 1. The molecule has 0 spiro atoms. The molecule has 0 aliphatic rings. The third-order valence-electron chi connectivity index (χ3n) is 5.12. The van der Waals surface area contributed by atoms with E-state index in [-0.39, 0.29) is 10.8 Å². The van der Waals surface area contributed by atoms with Gasteiger partial charge in [0, 0.05) is 4.47 Å². The number of unbranched alkanes of at least 4 members (excludes halogenated alkanes) is 2. The predicted molar refractivity (Wildman–Crippen MR) is 112 cm³/mol. The van der Waals surface area contributed by atoms with Crippen LogP contribution in [0.25, 0.3) is 0 Å². The number of hydrogen-bond acceptors (Lipinski definition) is 3. The van der Waals surface area contributed by atoms with Crippen LogP contribution in [0.5, 0.6) is 0 Å². The number of rotatable bonds is 12. The fourth-order valence-electron chi connectivity index (χ4n) is 3.24. The Labute approximate surface area is 168 Å². The van der Waals surface area contributed by atoms with Gasteiger partial charge >= 0.3 is 0 Å². The molecular formula is C20H34BrNO3S. The number of nitrogens with one attached hydrogen (secondary N) is 1. The minimum atomic E-state index is -3.70. The van der Waals surface area contributed by atoms with Gasteiger partial charge in [0.15, 0.2) is 0 Å². The van der Waals surface area contributed by atoms with E-state index in [9.17, 15) is 13.5 Å². The highest BCUT2D eigenvalue weighted by Crippen LogP contribution is 2.32. The van der Waals surface area contributed by atoms with Crippen molar-refractivity contribution in [3.8, 4) is 0 Å². The molecule has 1 rings (SSSR count). The van der Waals surface area contributed by atoms with Gasteiger partial charge < -0.3 is 5.11 Å². The standard InChI is InChI=1S/C20H34BrNO3S/c1-5-8-14-20(23,15-9-6-2)19(16(4)7-3)22-26(24,25)18-12-10-17(21)11-13-18/h10-13,16,19,22-23H,5-9,14-15H2,1-4H3/t16-,19-/m0/s1. The van der Waals surface area contributed by atoms with Crippen molar-refractivity contribution < 1.29 is 13.5 Å². The molecule has 0 saturated carbocycles. The van der Waals surface area contributed by atoms with Crippen LogP contribution in [0.1, 0.15) is 72.6 Å². The molecule has 0 aliphatic heterocycles. The van der Waals surface area contributed by atoms with Crippen LogP contribution >= 0.6 is 15.9 Å². The van der Waals surface area contributed by atoms with Crippen molar-refractivity contribution in [1.82, 2.24) is 4.72 Å². The summed E-state index contributed by atoms with van der Waals surface area (Å²) in [6.07, 6.45) is 5.74. The van der Waals surface area contributed by atoms with E-state index in [1.54, 1.807) is 24.3 Å². The summed E-state index contributed by atoms with van der Waals surface area (Å²) in [5.41, 5.74) is -1.02. The molecule has 0 fully saturated rings. The largest absolute Gasteiger partial charge is 0.388 e. The minimum Gasteiger partial charge on any atom is -0.388 e. The second-order valence-electron chi connectivity index (χ2n) is 7.25. The van der Waals surface area contributed by atoms with Gasteiger partial charge in [0.2, 0.25) is 10.0 Å². The fourth-order valence-corrected chi connectivity index (χ4v) is 4.92. The number of halogens is 1. The highest BCUT2D eigenvalue weighted by molar-refractivity contribution is 9.10. The lowest BCUT2D eigenvalue weighted by atomic mass is 9.78. The van der Waals surface area contributed by atoms with Crippen molar-refractivity contribution in [2.24, 2.45) is 5.92 Å². The van der Waals surface area contributed by atoms with E-state index >= 15 is 0 Å². The molecule has 2 atom stereocenters. The van der Waals surface area contributed by atoms with Crippen LogP contribution in [0.2, 0.25) is 0 Å². The van der Waals surface area contributed by atoms with Crippen LogP contribution in [0.15, 0.2) is 33.6 Å². The number of benzene rings is 1. The van der Waals surface area contributed by atoms with Gasteiger partial charge in [0.25, 0.3) is 0 Å². The SMILES string of the molecule is CCCCC(O)(CCCC)[C@@H](NS(=O)(=O)c1ccc(Br)cc1)[C@@H](C)CC. The van der Waals surface area contributed by atoms with Gasteiger partial charge in [0.1, 0.15) is 0 Å². The predicted octanol–water partition coefficient (Wildman–Crippen LogP) is 5.25. The first-order chi connectivity index (χ1) is 12.2. The van der Waals surface area contributed by atoms with Gasteiger partial charge in [-0.05, 0) is 43.0 Å². The molecule has 150 valence electrons. The van der Waals surface area contributed by atoms with E-state index in [0.717, 1.165) is 36.6 Å². The summed E-state index contributed by atoms with van der Waals surface area (Å²) in [4.78, 5) is 0.224. The van der Waals surface area contributed by atoms with Crippen LogP contribution in [-0.4, -0.2) is 25.2 Å². The van der Waals surface area contributed by atoms with Crippen molar-refractivity contribution in [1.29, 1.82) is 0 Å². The maximum Gasteiger partial charge on any atom is 0.240 e. The summed E-state index contributed by atoms with van der Waals surface area (Å²) in [6.45, 7) is 8.22. The van der Waals surface area contributed by atoms with Gasteiger partial charge in [-0.1, -0.05) is 75.7 Å². The molecular weight excluding hydrogens is 414 g/mol. The van der Waals surface area contributed by atoms with Gasteiger partial charge in [0.05, 0.1) is 16.5 Å². The third kappa shape index (κ3) is 6.63. The van der Waals surface area contributed by atoms with Gasteiger partial charge in [-0.3, -0.25) is 0 Å². The van der Waals surface area contributed by atoms with Gasteiger partial charge in [-0.25, -0.2) is 13.1 Å². The molecule has 4 nitrogen and oxygen atoms in total. The molecule has 1 aromatic carbocycles. The van der Waals surface area contributed by atoms with Crippen molar-refractivity contribution in [2.45, 2.75) is 89.2 Å². The smallest absolute Gasteiger partial charge is 0.240 e. The van der Waals surface area contributed by atoms with Crippen molar-refractivity contribution in [3.05, 3.63) is 28.7 Å². The fraction of sp³-hybridized carbons (Fsp3) is 0.700. The van der Waals surface area contributed by atoms with E-state index in [1.165, 1.54) is 0 Å². The first-order valence-corrected chi connectivity index (χ1v) is 12.0. The first kappa shape index (κ1) is 23.6. The van der Waals surface area contributed by atoms with E-state index in [2.05, 4.69) is 34.5 Å². The molecule has 6 heteroatoms. The van der Waals surface area contributed by atoms with Gasteiger partial charge in [-0.2, -0.15) is 0 Å². The average molecular weight is 448 g/mol. The lowest BCUT2D eigenvalue weighted by Crippen LogP contribution is -2.55. The molecule has 0 aliphatic carbocycles. The molecule has 0 unspecified atom stereocenters. The average Bonchev–Trinajstić information content (AvgIpc) is 2.62. The van der Waals surface area contributed by atoms with Gasteiger partial charge in [-0.15, -0.1) is 0 Å². The van der Waals surface area contributed by atoms with E-state index < -0.39 is 21.7 Å². The normalized spacial score (nSPS) is 15.0. The van der Waals surface area contributed by atoms with E-state index in [0.29, 0.717) is 12.8 Å². The maximum atomic E-state index is 12.9. The summed E-state index contributed by atoms with van der Waals surface area (Å²) >= 11 is 3.33. The monoisotopic (exact) mass is 447 g/mol. The second-order valence-corrected chi connectivity index (χ2v) is 9.88. The van der Waals surface area contributed by atoms with Crippen LogP contribution in [0.3, 0.4) is 0 Å². The van der Waals surface area contributed by atoms with Crippen molar-refractivity contribution in [2.75, 3.05) is 0 Å². The molecule has 0 aromatic heterocycles. The molecule has 0 bridgehead atoms. The summed E-state index contributed by atoms with van der Waals surface area (Å²) in [5.74, 6) is 0.0407. The summed E-state index contributed by atoms with van der Waals surface area (Å²) in [5, 5.41) is 11.5. The topological polar surface area (TPSA) is 66.4 Å². The Morgan fingerprint density at radius 2 is 1.58 bits per heavy atom. The third-order valence-corrected chi connectivity index (χ3v) is 7.11. The molecule has 26 heavy (non-hydrogen) atoms. The Bertz CT molecular complexity index is 623. The summed E-state index contributed by atoms with van der Waals surface area (Å²) in [6, 6.07) is 6.09. The zero-order valence-corrected chi connectivity index (χ0v) is 18.9. The number of aliphatic hydroxyl groups is 1. The highest BCUT2D eigenvalue weighted by atomic mass is 79.9. The Morgan fingerprint density at radius 1 is 1.08 bits per heavy atom. The Kier molecular flexibility index (Phi) is 9.80. The quantitative estimate of drug-likeness (QED) is 0.459. The minimum absolute atomic E-state index is 0.0407. The second kappa shape index (κ2) is 10.8. The van der Waals surface area contributed by atoms with E-state index in [4.69, 9.17) is 0 Å². The maximum absolute atomic E-state index is 12.9. The lowest BCUT2D eigenvalue weighted by molar-refractivity contribution is -0.0274. The molecule has 0 heterocycles. The Hall–Kier alpha value is -0.430. The van der Waals surface area contributed by atoms with E-state index in [1.807, 2.05) is 13.8 Å². The molecule has 2 N–H and O–H groups in total. The summed E-state index contributed by atoms with van der Waals surface area (Å²) in [7, 11) is -3.70. The number of hydrogen-bond donors (Lipinski definition) is 2. The Balaban J connectivity index is 3.19. The molecule has 0 saturated heterocycles. The highest BCUT2D eigenvalue weighted by Gasteiger charge is 2.40. The Morgan fingerprint density at radius 3 is 2.00 bits per heavy atom. The van der Waals surface area contributed by atoms with Crippen LogP contribution in [0.4, 0.5) is 0 Å². The lowest BCUT2D eigenvalue weighted by Gasteiger charge is -2.40. The zero-order chi connectivity index (χ0) is 19.8. The molecule has 1 aromatic rings.